The maximum Gasteiger partial charge on any atom is 0.0826 e. The third-order valence-electron chi connectivity index (χ3n) is 4.45. The maximum absolute atomic E-state index is 5.75. The van der Waals surface area contributed by atoms with Crippen molar-refractivity contribution >= 4 is 0 Å². The highest BCUT2D eigenvalue weighted by atomic mass is 16.5. The van der Waals surface area contributed by atoms with E-state index in [0.717, 1.165) is 38.8 Å². The van der Waals surface area contributed by atoms with Crippen LogP contribution in [0.1, 0.15) is 32.6 Å². The summed E-state index contributed by atoms with van der Waals surface area (Å²) < 4.78 is 5.75. The minimum atomic E-state index is 0.382. The minimum absolute atomic E-state index is 0.382. The zero-order valence-corrected chi connectivity index (χ0v) is 12.7. The van der Waals surface area contributed by atoms with E-state index in [1.165, 1.54) is 38.8 Å². The van der Waals surface area contributed by atoms with Gasteiger partial charge in [-0.15, -0.1) is 0 Å². The molecule has 0 aromatic carbocycles. The van der Waals surface area contributed by atoms with Crippen molar-refractivity contribution in [3.63, 3.8) is 0 Å². The summed E-state index contributed by atoms with van der Waals surface area (Å²) in [5.41, 5.74) is 0. The van der Waals surface area contributed by atoms with Gasteiger partial charge in [0.25, 0.3) is 0 Å². The number of hydrogen-bond acceptors (Lipinski definition) is 4. The molecule has 2 saturated heterocycles. The van der Waals surface area contributed by atoms with Gasteiger partial charge in [-0.1, -0.05) is 6.42 Å². The molecular formula is C15H31N3O. The van der Waals surface area contributed by atoms with Crippen LogP contribution in [-0.2, 0) is 4.74 Å². The second-order valence-corrected chi connectivity index (χ2v) is 6.19. The Balaban J connectivity index is 1.49. The van der Waals surface area contributed by atoms with Gasteiger partial charge in [0, 0.05) is 25.7 Å². The molecule has 0 aliphatic carbocycles. The molecule has 0 aromatic rings. The monoisotopic (exact) mass is 269 g/mol. The number of morpholine rings is 1. The molecule has 0 radical (unpaired) electrons. The van der Waals surface area contributed by atoms with E-state index < -0.39 is 0 Å². The summed E-state index contributed by atoms with van der Waals surface area (Å²) in [6, 6.07) is 0.795. The molecule has 0 aromatic heterocycles. The summed E-state index contributed by atoms with van der Waals surface area (Å²) in [5, 5.41) is 3.55. The van der Waals surface area contributed by atoms with Crippen molar-refractivity contribution in [2.24, 2.45) is 0 Å². The highest BCUT2D eigenvalue weighted by Gasteiger charge is 2.18. The molecule has 2 aliphatic heterocycles. The lowest BCUT2D eigenvalue weighted by Crippen LogP contribution is -2.45. The number of rotatable bonds is 6. The van der Waals surface area contributed by atoms with Crippen LogP contribution < -0.4 is 5.32 Å². The number of piperidine rings is 1. The van der Waals surface area contributed by atoms with Crippen molar-refractivity contribution in [1.29, 1.82) is 0 Å². The van der Waals surface area contributed by atoms with Crippen LogP contribution in [0.15, 0.2) is 0 Å². The summed E-state index contributed by atoms with van der Waals surface area (Å²) in [5.74, 6) is 0. The Hall–Kier alpha value is -0.160. The summed E-state index contributed by atoms with van der Waals surface area (Å²) in [7, 11) is 2.17. The van der Waals surface area contributed by atoms with Gasteiger partial charge in [-0.2, -0.15) is 0 Å². The fourth-order valence-electron chi connectivity index (χ4n) is 3.15. The molecule has 2 heterocycles. The van der Waals surface area contributed by atoms with Gasteiger partial charge >= 0.3 is 0 Å². The number of nitrogens with zero attached hydrogens (tertiary/aromatic N) is 2. The molecule has 0 saturated carbocycles. The first-order valence-electron chi connectivity index (χ1n) is 8.00. The molecule has 2 unspecified atom stereocenters. The molecule has 4 nitrogen and oxygen atoms in total. The third kappa shape index (κ3) is 5.38. The number of ether oxygens (including phenoxy) is 1. The van der Waals surface area contributed by atoms with Gasteiger partial charge in [-0.05, 0) is 52.9 Å². The van der Waals surface area contributed by atoms with Crippen molar-refractivity contribution in [3.05, 3.63) is 0 Å². The summed E-state index contributed by atoms with van der Waals surface area (Å²) in [4.78, 5) is 5.00. The first-order chi connectivity index (χ1) is 9.25. The smallest absolute Gasteiger partial charge is 0.0826 e. The van der Waals surface area contributed by atoms with Crippen molar-refractivity contribution < 1.29 is 4.74 Å². The van der Waals surface area contributed by atoms with Crippen LogP contribution >= 0.6 is 0 Å². The van der Waals surface area contributed by atoms with Gasteiger partial charge in [0.2, 0.25) is 0 Å². The average Bonchev–Trinajstić information content (AvgIpc) is 2.40. The van der Waals surface area contributed by atoms with Gasteiger partial charge in [-0.3, -0.25) is 0 Å². The Kier molecular flexibility index (Phi) is 6.57. The number of nitrogens with one attached hydrogen (secondary N) is 1. The fraction of sp³-hybridized carbons (Fsp3) is 1.00. The summed E-state index contributed by atoms with van der Waals surface area (Å²) >= 11 is 0. The summed E-state index contributed by atoms with van der Waals surface area (Å²) in [6.45, 7) is 10.1. The molecule has 1 N–H and O–H groups in total. The van der Waals surface area contributed by atoms with E-state index in [2.05, 4.69) is 29.1 Å². The normalized spacial score (nSPS) is 30.6. The highest BCUT2D eigenvalue weighted by Crippen LogP contribution is 2.16. The van der Waals surface area contributed by atoms with Gasteiger partial charge in [0.15, 0.2) is 0 Å². The van der Waals surface area contributed by atoms with E-state index in [9.17, 15) is 0 Å². The Bertz CT molecular complexity index is 250. The Labute approximate surface area is 118 Å². The van der Waals surface area contributed by atoms with Crippen LogP contribution in [0.3, 0.4) is 0 Å². The van der Waals surface area contributed by atoms with Crippen LogP contribution in [0.2, 0.25) is 0 Å². The topological polar surface area (TPSA) is 27.7 Å². The Morgan fingerprint density at radius 1 is 1.26 bits per heavy atom. The first kappa shape index (κ1) is 15.2. The van der Waals surface area contributed by atoms with E-state index in [1.807, 2.05) is 0 Å². The molecule has 2 atom stereocenters. The lowest BCUT2D eigenvalue weighted by Gasteiger charge is -2.33. The molecule has 19 heavy (non-hydrogen) atoms. The number of hydrogen-bond donors (Lipinski definition) is 1. The van der Waals surface area contributed by atoms with Gasteiger partial charge in [-0.25, -0.2) is 0 Å². The fourth-order valence-corrected chi connectivity index (χ4v) is 3.15. The van der Waals surface area contributed by atoms with Crippen LogP contribution in [0, 0.1) is 0 Å². The SMILES string of the molecule is CC1CCCCN1CCCNCC1CN(C)CCO1. The molecule has 112 valence electrons. The Morgan fingerprint density at radius 3 is 2.95 bits per heavy atom. The standard InChI is InChI=1S/C15H31N3O/c1-14-6-3-4-8-18(14)9-5-7-16-12-15-13-17(2)10-11-19-15/h14-16H,3-13H2,1-2H3. The molecule has 0 bridgehead atoms. The largest absolute Gasteiger partial charge is 0.374 e. The zero-order valence-electron chi connectivity index (χ0n) is 12.7. The lowest BCUT2D eigenvalue weighted by molar-refractivity contribution is -0.0180. The zero-order chi connectivity index (χ0) is 13.5. The van der Waals surface area contributed by atoms with Crippen LogP contribution in [0.5, 0.6) is 0 Å². The van der Waals surface area contributed by atoms with Crippen molar-refractivity contribution in [2.75, 3.05) is 52.9 Å². The van der Waals surface area contributed by atoms with Crippen molar-refractivity contribution in [3.8, 4) is 0 Å². The van der Waals surface area contributed by atoms with E-state index in [4.69, 9.17) is 4.74 Å². The number of likely N-dealkylation sites (tertiary alicyclic amines) is 1. The molecule has 2 fully saturated rings. The third-order valence-corrected chi connectivity index (χ3v) is 4.45. The molecule has 2 rings (SSSR count). The first-order valence-corrected chi connectivity index (χ1v) is 8.00. The average molecular weight is 269 g/mol. The lowest BCUT2D eigenvalue weighted by atomic mass is 10.0. The van der Waals surface area contributed by atoms with Gasteiger partial charge in [0.05, 0.1) is 12.7 Å². The Morgan fingerprint density at radius 2 is 2.16 bits per heavy atom. The van der Waals surface area contributed by atoms with Gasteiger partial charge < -0.3 is 19.9 Å². The van der Waals surface area contributed by atoms with Crippen LogP contribution in [-0.4, -0.2) is 74.9 Å². The minimum Gasteiger partial charge on any atom is -0.374 e. The van der Waals surface area contributed by atoms with Gasteiger partial charge in [0.1, 0.15) is 0 Å². The second-order valence-electron chi connectivity index (χ2n) is 6.19. The summed E-state index contributed by atoms with van der Waals surface area (Å²) in [6.07, 6.45) is 5.83. The molecule has 0 amide bonds. The van der Waals surface area contributed by atoms with Crippen molar-refractivity contribution in [1.82, 2.24) is 15.1 Å². The molecule has 2 aliphatic rings. The molecular weight excluding hydrogens is 238 g/mol. The van der Waals surface area contributed by atoms with Crippen LogP contribution in [0.4, 0.5) is 0 Å². The molecule has 4 heteroatoms. The van der Waals surface area contributed by atoms with E-state index >= 15 is 0 Å². The second kappa shape index (κ2) is 8.20. The predicted octanol–water partition coefficient (Wildman–Crippen LogP) is 1.17. The molecule has 0 spiro atoms. The highest BCUT2D eigenvalue weighted by molar-refractivity contribution is 4.74. The quantitative estimate of drug-likeness (QED) is 0.733. The predicted molar refractivity (Wildman–Crippen MR) is 79.6 cm³/mol. The number of likely N-dealkylation sites (N-methyl/N-ethyl adjacent to an activating group) is 1. The van der Waals surface area contributed by atoms with E-state index in [-0.39, 0.29) is 0 Å². The van der Waals surface area contributed by atoms with Crippen molar-refractivity contribution in [2.45, 2.75) is 44.8 Å². The van der Waals surface area contributed by atoms with Crippen LogP contribution in [0.25, 0.3) is 0 Å². The van der Waals surface area contributed by atoms with E-state index in [1.54, 1.807) is 0 Å². The van der Waals surface area contributed by atoms with E-state index in [0.29, 0.717) is 6.10 Å². The maximum atomic E-state index is 5.75.